The Morgan fingerprint density at radius 3 is 2.82 bits per heavy atom. The third kappa shape index (κ3) is 5.60. The molecule has 152 valence electrons. The summed E-state index contributed by atoms with van der Waals surface area (Å²) in [4.78, 5) is 14.0. The number of likely N-dealkylation sites (tertiary alicyclic amines) is 1. The Balaban J connectivity index is 1.34. The van der Waals surface area contributed by atoms with Crippen LogP contribution in [-0.4, -0.2) is 59.6 Å². The minimum Gasteiger partial charge on any atom is -0.488 e. The number of carbonyl (C=O) groups excluding carboxylic acids is 1. The first-order chi connectivity index (χ1) is 13.6. The van der Waals surface area contributed by atoms with Gasteiger partial charge in [0.2, 0.25) is 0 Å². The molecule has 9 heteroatoms. The molecule has 2 heterocycles. The van der Waals surface area contributed by atoms with E-state index in [4.69, 9.17) is 20.9 Å². The van der Waals surface area contributed by atoms with Gasteiger partial charge in [-0.1, -0.05) is 23.7 Å². The molecule has 1 saturated heterocycles. The molecule has 0 spiro atoms. The maximum atomic E-state index is 11.9. The van der Waals surface area contributed by atoms with E-state index in [2.05, 4.69) is 20.7 Å². The van der Waals surface area contributed by atoms with Crippen LogP contribution >= 0.6 is 11.6 Å². The second-order valence-electron chi connectivity index (χ2n) is 6.69. The van der Waals surface area contributed by atoms with Gasteiger partial charge in [-0.2, -0.15) is 0 Å². The molecule has 1 fully saturated rings. The molecule has 0 bridgehead atoms. The maximum Gasteiger partial charge on any atom is 0.320 e. The summed E-state index contributed by atoms with van der Waals surface area (Å²) in [7, 11) is 0. The van der Waals surface area contributed by atoms with Gasteiger partial charge in [-0.3, -0.25) is 10.2 Å². The van der Waals surface area contributed by atoms with Crippen LogP contribution in [0.25, 0.3) is 0 Å². The summed E-state index contributed by atoms with van der Waals surface area (Å²) >= 11 is 5.87. The number of rotatable bonds is 9. The fraction of sp³-hybridized carbons (Fsp3) is 0.474. The van der Waals surface area contributed by atoms with Gasteiger partial charge >= 0.3 is 6.03 Å². The van der Waals surface area contributed by atoms with Gasteiger partial charge in [0, 0.05) is 43.2 Å². The quantitative estimate of drug-likeness (QED) is 0.589. The first-order valence-electron chi connectivity index (χ1n) is 9.35. The molecule has 2 aromatic rings. The molecule has 1 aliphatic heterocycles. The van der Waals surface area contributed by atoms with Gasteiger partial charge in [0.1, 0.15) is 17.6 Å². The van der Waals surface area contributed by atoms with Crippen molar-refractivity contribution in [3.05, 3.63) is 41.1 Å². The predicted octanol–water partition coefficient (Wildman–Crippen LogP) is 2.53. The highest BCUT2D eigenvalue weighted by Gasteiger charge is 2.33. The van der Waals surface area contributed by atoms with Gasteiger partial charge in [-0.15, -0.1) is 0 Å². The number of amides is 2. The van der Waals surface area contributed by atoms with Crippen LogP contribution < -0.4 is 15.4 Å². The van der Waals surface area contributed by atoms with Crippen molar-refractivity contribution < 1.29 is 19.2 Å². The third-order valence-corrected chi connectivity index (χ3v) is 4.88. The molecule has 2 amide bonds. The number of nitrogens with zero attached hydrogens (tertiary/aromatic N) is 2. The van der Waals surface area contributed by atoms with Crippen LogP contribution in [0.2, 0.25) is 5.02 Å². The van der Waals surface area contributed by atoms with E-state index < -0.39 is 0 Å². The summed E-state index contributed by atoms with van der Waals surface area (Å²) in [6.45, 7) is 3.88. The number of nitrogens with one attached hydrogen (secondary N) is 2. The number of carbonyl (C=O) groups is 1. The van der Waals surface area contributed by atoms with E-state index in [9.17, 15) is 9.90 Å². The number of anilines is 1. The van der Waals surface area contributed by atoms with Gasteiger partial charge in [-0.05, 0) is 30.7 Å². The van der Waals surface area contributed by atoms with Crippen LogP contribution in [0.5, 0.6) is 5.75 Å². The minimum absolute atomic E-state index is 0.0240. The molecule has 28 heavy (non-hydrogen) atoms. The molecule has 3 rings (SSSR count). The molecule has 1 atom stereocenters. The molecular weight excluding hydrogens is 384 g/mol. The number of benzene rings is 1. The van der Waals surface area contributed by atoms with E-state index in [1.807, 2.05) is 19.1 Å². The number of urea groups is 1. The summed E-state index contributed by atoms with van der Waals surface area (Å²) < 4.78 is 10.9. The van der Waals surface area contributed by atoms with E-state index in [-0.39, 0.29) is 24.8 Å². The number of aliphatic hydroxyl groups is 1. The minimum atomic E-state index is -0.347. The number of aromatic nitrogens is 1. The van der Waals surface area contributed by atoms with Crippen LogP contribution in [-0.2, 0) is 6.42 Å². The highest BCUT2D eigenvalue weighted by atomic mass is 35.5. The normalized spacial score (nSPS) is 15.7. The summed E-state index contributed by atoms with van der Waals surface area (Å²) in [5, 5.41) is 19.5. The zero-order chi connectivity index (χ0) is 19.9. The van der Waals surface area contributed by atoms with Crippen molar-refractivity contribution in [2.75, 3.05) is 31.6 Å². The molecule has 8 nitrogen and oxygen atoms in total. The smallest absolute Gasteiger partial charge is 0.320 e. The Hall–Kier alpha value is -2.29. The van der Waals surface area contributed by atoms with Gasteiger partial charge in [-0.25, -0.2) is 4.79 Å². The van der Waals surface area contributed by atoms with Gasteiger partial charge in [0.15, 0.2) is 5.82 Å². The molecule has 0 radical (unpaired) electrons. The SMILES string of the molecule is CCc1cc(NC(=O)NCC[C@@H](CO)N2CC(Oc3ccc(Cl)cc3)C2)no1. The van der Waals surface area contributed by atoms with Crippen molar-refractivity contribution >= 4 is 23.4 Å². The third-order valence-electron chi connectivity index (χ3n) is 4.63. The number of aryl methyl sites for hydroxylation is 1. The number of aliphatic hydroxyl groups excluding tert-OH is 1. The first-order valence-corrected chi connectivity index (χ1v) is 9.72. The average molecular weight is 409 g/mol. The van der Waals surface area contributed by atoms with Crippen LogP contribution in [0.3, 0.4) is 0 Å². The topological polar surface area (TPSA) is 99.9 Å². The van der Waals surface area contributed by atoms with E-state index in [0.717, 1.165) is 18.8 Å². The molecule has 0 saturated carbocycles. The largest absolute Gasteiger partial charge is 0.488 e. The number of halogens is 1. The lowest BCUT2D eigenvalue weighted by Crippen LogP contribution is -2.59. The zero-order valence-corrected chi connectivity index (χ0v) is 16.5. The lowest BCUT2D eigenvalue weighted by molar-refractivity contribution is -0.0261. The molecule has 1 aromatic heterocycles. The highest BCUT2D eigenvalue weighted by Crippen LogP contribution is 2.22. The van der Waals surface area contributed by atoms with E-state index >= 15 is 0 Å². The lowest BCUT2D eigenvalue weighted by atomic mass is 10.1. The Morgan fingerprint density at radius 1 is 1.43 bits per heavy atom. The molecular formula is C19H25ClN4O4. The van der Waals surface area contributed by atoms with E-state index in [0.29, 0.717) is 36.0 Å². The molecule has 1 aliphatic rings. The van der Waals surface area contributed by atoms with Crippen molar-refractivity contribution in [3.8, 4) is 5.75 Å². The second kappa shape index (κ2) is 9.77. The number of hydrogen-bond donors (Lipinski definition) is 3. The summed E-state index contributed by atoms with van der Waals surface area (Å²) in [5.74, 6) is 1.88. The number of hydrogen-bond acceptors (Lipinski definition) is 6. The van der Waals surface area contributed by atoms with E-state index in [1.54, 1.807) is 18.2 Å². The van der Waals surface area contributed by atoms with Crippen LogP contribution in [0, 0.1) is 0 Å². The summed E-state index contributed by atoms with van der Waals surface area (Å²) in [5.41, 5.74) is 0. The Morgan fingerprint density at radius 2 is 2.18 bits per heavy atom. The predicted molar refractivity (Wildman–Crippen MR) is 106 cm³/mol. The first kappa shape index (κ1) is 20.4. The maximum absolute atomic E-state index is 11.9. The second-order valence-corrected chi connectivity index (χ2v) is 7.12. The monoisotopic (exact) mass is 408 g/mol. The molecule has 0 unspecified atom stereocenters. The Kier molecular flexibility index (Phi) is 7.13. The Bertz CT molecular complexity index is 762. The fourth-order valence-electron chi connectivity index (χ4n) is 2.99. The number of ether oxygens (including phenoxy) is 1. The van der Waals surface area contributed by atoms with Crippen molar-refractivity contribution in [2.45, 2.75) is 31.9 Å². The van der Waals surface area contributed by atoms with Gasteiger partial charge in [0.25, 0.3) is 0 Å². The lowest BCUT2D eigenvalue weighted by Gasteiger charge is -2.43. The van der Waals surface area contributed by atoms with Crippen LogP contribution in [0.1, 0.15) is 19.1 Å². The fourth-order valence-corrected chi connectivity index (χ4v) is 3.11. The van der Waals surface area contributed by atoms with Crippen molar-refractivity contribution in [1.29, 1.82) is 0 Å². The summed E-state index contributed by atoms with van der Waals surface area (Å²) in [6.07, 6.45) is 1.44. The zero-order valence-electron chi connectivity index (χ0n) is 15.7. The van der Waals surface area contributed by atoms with Gasteiger partial charge in [0.05, 0.1) is 6.61 Å². The van der Waals surface area contributed by atoms with Crippen molar-refractivity contribution in [1.82, 2.24) is 15.4 Å². The standard InChI is InChI=1S/C19H25ClN4O4/c1-2-15-9-18(23-28-15)22-19(26)21-8-7-14(12-25)24-10-17(11-24)27-16-5-3-13(20)4-6-16/h3-6,9,14,17,25H,2,7-8,10-12H2,1H3,(H2,21,22,23,26)/t14-/m0/s1. The highest BCUT2D eigenvalue weighted by molar-refractivity contribution is 6.30. The Labute approximate surface area is 168 Å². The van der Waals surface area contributed by atoms with E-state index in [1.165, 1.54) is 0 Å². The van der Waals surface area contributed by atoms with Crippen molar-refractivity contribution in [3.63, 3.8) is 0 Å². The molecule has 1 aromatic carbocycles. The van der Waals surface area contributed by atoms with Gasteiger partial charge < -0.3 is 19.7 Å². The molecule has 0 aliphatic carbocycles. The average Bonchev–Trinajstić information content (AvgIpc) is 3.11. The molecule has 3 N–H and O–H groups in total. The van der Waals surface area contributed by atoms with Crippen LogP contribution in [0.4, 0.5) is 10.6 Å². The van der Waals surface area contributed by atoms with Crippen LogP contribution in [0.15, 0.2) is 34.9 Å². The van der Waals surface area contributed by atoms with Crippen molar-refractivity contribution in [2.24, 2.45) is 0 Å². The summed E-state index contributed by atoms with van der Waals surface area (Å²) in [6, 6.07) is 8.59.